The normalized spacial score (nSPS) is 17.8. The molecule has 0 heterocycles. The van der Waals surface area contributed by atoms with Crippen LogP contribution in [0.25, 0.3) is 0 Å². The second-order valence-corrected chi connectivity index (χ2v) is 7.36. The van der Waals surface area contributed by atoms with Crippen LogP contribution in [0.3, 0.4) is 0 Å². The summed E-state index contributed by atoms with van der Waals surface area (Å²) in [4.78, 5) is 11.4. The topological polar surface area (TPSA) is 66.8 Å². The van der Waals surface area contributed by atoms with Crippen LogP contribution in [0.5, 0.6) is 0 Å². The van der Waals surface area contributed by atoms with Crippen molar-refractivity contribution in [2.75, 3.05) is 13.2 Å². The van der Waals surface area contributed by atoms with Crippen LogP contribution in [-0.2, 0) is 9.53 Å². The quantitative estimate of drug-likeness (QED) is 0.243. The molecule has 0 bridgehead atoms. The molecular formula is C21H38O4. The van der Waals surface area contributed by atoms with Crippen LogP contribution >= 0.6 is 0 Å². The molecule has 4 nitrogen and oxygen atoms in total. The number of carbonyl (C=O) groups excluding carboxylic acids is 1. The smallest absolute Gasteiger partial charge is 0.305 e. The third-order valence-electron chi connectivity index (χ3n) is 4.97. The second-order valence-electron chi connectivity index (χ2n) is 7.36. The second kappa shape index (κ2) is 15.4. The number of rotatable bonds is 16. The van der Waals surface area contributed by atoms with Crippen LogP contribution in [0.1, 0.15) is 89.9 Å². The molecule has 25 heavy (non-hydrogen) atoms. The largest absolute Gasteiger partial charge is 0.463 e. The van der Waals surface area contributed by atoms with E-state index in [2.05, 4.69) is 12.2 Å². The molecule has 0 radical (unpaired) electrons. The van der Waals surface area contributed by atoms with Crippen molar-refractivity contribution in [3.8, 4) is 0 Å². The summed E-state index contributed by atoms with van der Waals surface area (Å²) in [6.07, 6.45) is 20.7. The Balaban J connectivity index is 1.74. The Morgan fingerprint density at radius 2 is 1.60 bits per heavy atom. The minimum atomic E-state index is -0.955. The molecule has 1 aliphatic carbocycles. The average Bonchev–Trinajstić information content (AvgIpc) is 3.14. The fourth-order valence-electron chi connectivity index (χ4n) is 3.34. The highest BCUT2D eigenvalue weighted by Crippen LogP contribution is 2.23. The molecule has 4 heteroatoms. The van der Waals surface area contributed by atoms with E-state index in [9.17, 15) is 4.79 Å². The zero-order valence-electron chi connectivity index (χ0n) is 15.8. The first kappa shape index (κ1) is 22.2. The summed E-state index contributed by atoms with van der Waals surface area (Å²) in [5, 5.41) is 17.7. The average molecular weight is 355 g/mol. The van der Waals surface area contributed by atoms with Crippen molar-refractivity contribution in [2.45, 2.75) is 96.0 Å². The van der Waals surface area contributed by atoms with Crippen LogP contribution in [-0.4, -0.2) is 35.5 Å². The predicted molar refractivity (Wildman–Crippen MR) is 101 cm³/mol. The Kier molecular flexibility index (Phi) is 13.6. The molecule has 0 amide bonds. The zero-order chi connectivity index (χ0) is 18.2. The van der Waals surface area contributed by atoms with Crippen LogP contribution < -0.4 is 0 Å². The maximum absolute atomic E-state index is 11.4. The predicted octanol–water partition coefficient (Wildman–Crippen LogP) is 4.53. The molecule has 0 aliphatic heterocycles. The third-order valence-corrected chi connectivity index (χ3v) is 4.97. The number of aliphatic hydroxyl groups excluding tert-OH is 2. The van der Waals surface area contributed by atoms with Gasteiger partial charge in [0.25, 0.3) is 0 Å². The molecule has 2 N–H and O–H groups in total. The number of ether oxygens (including phenoxy) is 1. The van der Waals surface area contributed by atoms with Gasteiger partial charge in [0.15, 0.2) is 0 Å². The highest BCUT2D eigenvalue weighted by molar-refractivity contribution is 5.69. The first-order chi connectivity index (χ1) is 12.2. The summed E-state index contributed by atoms with van der Waals surface area (Å²) in [6, 6.07) is 0. The van der Waals surface area contributed by atoms with E-state index in [0.717, 1.165) is 18.8 Å². The number of hydrogen-bond donors (Lipinski definition) is 2. The number of hydrogen-bond acceptors (Lipinski definition) is 4. The lowest BCUT2D eigenvalue weighted by Crippen LogP contribution is -2.21. The Bertz CT molecular complexity index is 354. The van der Waals surface area contributed by atoms with Crippen LogP contribution in [0.2, 0.25) is 0 Å². The van der Waals surface area contributed by atoms with Crippen molar-refractivity contribution in [2.24, 2.45) is 5.92 Å². The van der Waals surface area contributed by atoms with E-state index in [1.165, 1.54) is 70.6 Å². The Morgan fingerprint density at radius 3 is 2.16 bits per heavy atom. The van der Waals surface area contributed by atoms with Crippen molar-refractivity contribution in [1.29, 1.82) is 0 Å². The Morgan fingerprint density at radius 1 is 1.00 bits per heavy atom. The highest BCUT2D eigenvalue weighted by atomic mass is 16.5. The van der Waals surface area contributed by atoms with Gasteiger partial charge in [-0.3, -0.25) is 4.79 Å². The monoisotopic (exact) mass is 354 g/mol. The van der Waals surface area contributed by atoms with Gasteiger partial charge < -0.3 is 14.9 Å². The standard InChI is InChI=1S/C21H38O4/c22-17-20(23)18-25-21(24)16-10-8-6-4-2-1-3-5-7-9-13-19-14-11-12-15-19/h11,14,19-20,22-23H,1-10,12-13,15-18H2/t19-,20-/m0/s1. The summed E-state index contributed by atoms with van der Waals surface area (Å²) in [6.45, 7) is -0.474. The highest BCUT2D eigenvalue weighted by Gasteiger charge is 2.08. The lowest BCUT2D eigenvalue weighted by atomic mass is 9.99. The van der Waals surface area contributed by atoms with E-state index in [1.807, 2.05) is 0 Å². The van der Waals surface area contributed by atoms with E-state index in [-0.39, 0.29) is 19.2 Å². The first-order valence-electron chi connectivity index (χ1n) is 10.3. The van der Waals surface area contributed by atoms with Crippen molar-refractivity contribution < 1.29 is 19.7 Å². The van der Waals surface area contributed by atoms with Crippen molar-refractivity contribution in [3.05, 3.63) is 12.2 Å². The molecule has 0 unspecified atom stereocenters. The molecule has 0 aromatic carbocycles. The van der Waals surface area contributed by atoms with Gasteiger partial charge in [0.2, 0.25) is 0 Å². The number of allylic oxidation sites excluding steroid dienone is 2. The number of esters is 1. The fourth-order valence-corrected chi connectivity index (χ4v) is 3.34. The lowest BCUT2D eigenvalue weighted by molar-refractivity contribution is -0.147. The molecule has 1 aliphatic rings. The minimum Gasteiger partial charge on any atom is -0.463 e. The molecule has 0 aromatic rings. The third kappa shape index (κ3) is 13.1. The van der Waals surface area contributed by atoms with Gasteiger partial charge in [-0.25, -0.2) is 0 Å². The molecule has 146 valence electrons. The number of unbranched alkanes of at least 4 members (excludes halogenated alkanes) is 9. The Labute approximate surface area is 153 Å². The summed E-state index contributed by atoms with van der Waals surface area (Å²) in [5.41, 5.74) is 0. The maximum Gasteiger partial charge on any atom is 0.305 e. The van der Waals surface area contributed by atoms with Crippen LogP contribution in [0, 0.1) is 5.92 Å². The van der Waals surface area contributed by atoms with E-state index < -0.39 is 6.10 Å². The molecule has 2 atom stereocenters. The molecule has 1 rings (SSSR count). The summed E-state index contributed by atoms with van der Waals surface area (Å²) in [7, 11) is 0. The van der Waals surface area contributed by atoms with Gasteiger partial charge in [-0.15, -0.1) is 0 Å². The van der Waals surface area contributed by atoms with Gasteiger partial charge in [-0.2, -0.15) is 0 Å². The first-order valence-corrected chi connectivity index (χ1v) is 10.3. The van der Waals surface area contributed by atoms with Crippen molar-refractivity contribution in [3.63, 3.8) is 0 Å². The number of aliphatic hydroxyl groups is 2. The molecule has 0 fully saturated rings. The summed E-state index contributed by atoms with van der Waals surface area (Å²) in [5.74, 6) is 0.595. The summed E-state index contributed by atoms with van der Waals surface area (Å²) >= 11 is 0. The maximum atomic E-state index is 11.4. The molecule has 0 saturated carbocycles. The minimum absolute atomic E-state index is 0.104. The van der Waals surface area contributed by atoms with Crippen LogP contribution in [0.15, 0.2) is 12.2 Å². The molecular weight excluding hydrogens is 316 g/mol. The molecule has 0 aromatic heterocycles. The SMILES string of the molecule is O=C(CCCCCCCCCCCC[C@H]1C=CCC1)OC[C@@H](O)CO. The molecule has 0 saturated heterocycles. The van der Waals surface area contributed by atoms with Gasteiger partial charge in [-0.1, -0.05) is 69.9 Å². The molecule has 0 spiro atoms. The zero-order valence-corrected chi connectivity index (χ0v) is 15.8. The van der Waals surface area contributed by atoms with E-state index in [4.69, 9.17) is 14.9 Å². The van der Waals surface area contributed by atoms with E-state index in [1.54, 1.807) is 0 Å². The van der Waals surface area contributed by atoms with Crippen molar-refractivity contribution >= 4 is 5.97 Å². The van der Waals surface area contributed by atoms with Gasteiger partial charge in [0.1, 0.15) is 12.7 Å². The van der Waals surface area contributed by atoms with Gasteiger partial charge in [-0.05, 0) is 31.6 Å². The van der Waals surface area contributed by atoms with Crippen molar-refractivity contribution in [1.82, 2.24) is 0 Å². The summed E-state index contributed by atoms with van der Waals surface area (Å²) < 4.78 is 4.87. The number of carbonyl (C=O) groups is 1. The van der Waals surface area contributed by atoms with E-state index in [0.29, 0.717) is 6.42 Å². The van der Waals surface area contributed by atoms with E-state index >= 15 is 0 Å². The van der Waals surface area contributed by atoms with Crippen LogP contribution in [0.4, 0.5) is 0 Å². The van der Waals surface area contributed by atoms with Gasteiger partial charge in [0, 0.05) is 6.42 Å². The lowest BCUT2D eigenvalue weighted by Gasteiger charge is -2.08. The Hall–Kier alpha value is -0.870. The van der Waals surface area contributed by atoms with Gasteiger partial charge in [0.05, 0.1) is 6.61 Å². The van der Waals surface area contributed by atoms with Gasteiger partial charge >= 0.3 is 5.97 Å². The fraction of sp³-hybridized carbons (Fsp3) is 0.857.